The predicted octanol–water partition coefficient (Wildman–Crippen LogP) is 17.5. The number of aromatic nitrogens is 12. The van der Waals surface area contributed by atoms with Gasteiger partial charge in [-0.1, -0.05) is 127 Å². The third-order valence-electron chi connectivity index (χ3n) is 22.3. The van der Waals surface area contributed by atoms with Crippen molar-refractivity contribution in [2.24, 2.45) is 26.9 Å². The van der Waals surface area contributed by atoms with Gasteiger partial charge in [0.05, 0.1) is 81.1 Å². The lowest BCUT2D eigenvalue weighted by molar-refractivity contribution is 0.0170. The third kappa shape index (κ3) is 23.8. The van der Waals surface area contributed by atoms with Gasteiger partial charge >= 0.3 is 18.3 Å². The number of piperidine rings is 3. The molecule has 3 atom stereocenters. The van der Waals surface area contributed by atoms with E-state index in [0.29, 0.717) is 146 Å². The molecule has 686 valence electrons. The van der Waals surface area contributed by atoms with Crippen LogP contribution < -0.4 is 33.0 Å². The largest absolute Gasteiger partial charge is 0.444 e. The van der Waals surface area contributed by atoms with Crippen molar-refractivity contribution in [2.75, 3.05) is 56.2 Å². The molecule has 130 heavy (non-hydrogen) atoms. The van der Waals surface area contributed by atoms with Gasteiger partial charge in [0.25, 0.3) is 16.7 Å². The Labute approximate surface area is 755 Å². The molecule has 0 saturated carbocycles. The molecule has 0 aliphatic carbocycles. The van der Waals surface area contributed by atoms with Crippen molar-refractivity contribution in [3.8, 4) is 67.5 Å². The minimum Gasteiger partial charge on any atom is -0.444 e. The Hall–Kier alpha value is -13.3. The summed E-state index contributed by atoms with van der Waals surface area (Å²) < 4.78 is 92.6. The van der Waals surface area contributed by atoms with Crippen LogP contribution in [0.15, 0.2) is 220 Å². The summed E-state index contributed by atoms with van der Waals surface area (Å²) in [5.41, 5.74) is 12.3. The Morgan fingerprint density at radius 1 is 0.400 bits per heavy atom. The summed E-state index contributed by atoms with van der Waals surface area (Å²) in [5.74, 6) is -0.346. The Morgan fingerprint density at radius 3 is 0.915 bits per heavy atom. The van der Waals surface area contributed by atoms with E-state index in [0.717, 1.165) is 17.4 Å². The van der Waals surface area contributed by atoms with Gasteiger partial charge in [0.1, 0.15) is 34.3 Å². The number of rotatable bonds is 17. The van der Waals surface area contributed by atoms with E-state index in [-0.39, 0.29) is 93.2 Å². The van der Waals surface area contributed by atoms with E-state index < -0.39 is 38.6 Å². The van der Waals surface area contributed by atoms with Crippen molar-refractivity contribution in [3.05, 3.63) is 266 Å². The lowest BCUT2D eigenvalue weighted by Crippen LogP contribution is -2.43. The van der Waals surface area contributed by atoms with Crippen molar-refractivity contribution in [2.45, 2.75) is 180 Å². The van der Waals surface area contributed by atoms with Gasteiger partial charge < -0.3 is 45.3 Å². The molecule has 6 aromatic carbocycles. The minimum absolute atomic E-state index is 0.0402. The van der Waals surface area contributed by atoms with Crippen LogP contribution in [0.5, 0.6) is 0 Å². The number of nitrogens with zero attached hydrogens (tertiary/aromatic N) is 15. The molecule has 0 spiro atoms. The first-order valence-electron chi connectivity index (χ1n) is 43.4. The first-order chi connectivity index (χ1) is 61.6. The highest BCUT2D eigenvalue weighted by Crippen LogP contribution is 2.38. The molecule has 3 fully saturated rings. The quantitative estimate of drug-likeness (QED) is 0.0563. The molecular weight excluding hydrogens is 1680 g/mol. The zero-order valence-electron chi connectivity index (χ0n) is 76.3. The van der Waals surface area contributed by atoms with Crippen molar-refractivity contribution in [1.29, 1.82) is 0 Å². The molecule has 4 N–H and O–H groups in total. The van der Waals surface area contributed by atoms with E-state index in [1.807, 2.05) is 198 Å². The first-order valence-corrected chi connectivity index (χ1v) is 45.3. The molecule has 0 unspecified atom stereocenters. The number of anilines is 2. The molecule has 0 radical (unpaired) electrons. The van der Waals surface area contributed by atoms with E-state index in [4.69, 9.17) is 29.9 Å². The number of carbonyl (C=O) groups excluding carboxylic acids is 3. The number of amides is 3. The lowest BCUT2D eigenvalue weighted by Gasteiger charge is -2.34. The molecule has 15 rings (SSSR count). The highest BCUT2D eigenvalue weighted by Gasteiger charge is 2.37. The monoisotopic (exact) mass is 1800 g/mol. The normalized spacial score (nSPS) is 14.9. The van der Waals surface area contributed by atoms with Crippen LogP contribution in [-0.4, -0.2) is 162 Å². The Bertz CT molecular complexity index is 5980. The molecule has 3 aliphatic heterocycles. The van der Waals surface area contributed by atoms with Crippen LogP contribution in [0.4, 0.5) is 39.5 Å². The predicted molar refractivity (Wildman–Crippen MR) is 496 cm³/mol. The summed E-state index contributed by atoms with van der Waals surface area (Å²) >= 11 is 0. The van der Waals surface area contributed by atoms with Crippen molar-refractivity contribution < 1.29 is 50.2 Å². The van der Waals surface area contributed by atoms with Gasteiger partial charge in [-0.15, -0.1) is 0 Å². The minimum atomic E-state index is -3.70. The molecule has 33 heteroatoms. The Balaban J connectivity index is 0.000000168. The lowest BCUT2D eigenvalue weighted by atomic mass is 10.0. The third-order valence-corrected chi connectivity index (χ3v) is 23.2. The van der Waals surface area contributed by atoms with E-state index in [1.165, 1.54) is 66.4 Å². The smallest absolute Gasteiger partial charge is 0.410 e. The van der Waals surface area contributed by atoms with Gasteiger partial charge in [0.2, 0.25) is 26.9 Å². The fourth-order valence-electron chi connectivity index (χ4n) is 16.0. The zero-order chi connectivity index (χ0) is 93.8. The number of carbonyl (C=O) groups is 3. The summed E-state index contributed by atoms with van der Waals surface area (Å²) in [5, 5.41) is 6.35. The standard InChI is InChI=1S/2C32H37FN6O3.C25H30FN5O5S.C8H11N/c2*1-21(22-9-7-6-8-10-22)35-30-34-18-15-26(36-30)28-27(23-11-13-24(33)14-12-23)29(40)39(37(28)5)25-16-19-38(20-17-25)31(41)42-32(2,3)4;1-25(2,3)36-24(33)30-14-11-18(12-15-30)31-22(32)20(16-6-8-17(26)9-7-16)21(29(31)4)19-10-13-27-23(28-19)37(5,34)35;1-7(9)8-5-3-2-4-6-8/h2*6-15,18,21,25H,16-17,19-20H2,1-5H3,(H,34,35,36);6-10,13,18H,11-12,14-15H2,1-5H3;2-7H,9H2,1H3/t2*21-;;7-/m00.0/s1. The molecule has 3 aliphatic rings. The average molecular weight is 1800 g/mol. The number of likely N-dealkylation sites (tertiary alicyclic amines) is 3. The van der Waals surface area contributed by atoms with Gasteiger partial charge in [0, 0.05) is 91.3 Å². The van der Waals surface area contributed by atoms with Crippen molar-refractivity contribution in [3.63, 3.8) is 0 Å². The summed E-state index contributed by atoms with van der Waals surface area (Å²) in [7, 11) is 1.68. The molecular formula is C97H115F3N18O11S. The highest BCUT2D eigenvalue weighted by atomic mass is 32.2. The van der Waals surface area contributed by atoms with Crippen LogP contribution in [0.3, 0.4) is 0 Å². The molecule has 12 aromatic rings. The topological polar surface area (TPSA) is 331 Å². The number of hydrogen-bond acceptors (Lipinski definition) is 20. The summed E-state index contributed by atoms with van der Waals surface area (Å²) in [6.45, 7) is 25.2. The van der Waals surface area contributed by atoms with Crippen LogP contribution in [-0.2, 0) is 45.2 Å². The Kier molecular flexibility index (Phi) is 30.2. The fraction of sp³-hybridized carbons (Fsp3) is 0.381. The number of nitrogens with one attached hydrogen (secondary N) is 2. The number of nitrogens with two attached hydrogens (primary N) is 1. The van der Waals surface area contributed by atoms with Crippen molar-refractivity contribution >= 4 is 40.0 Å². The summed E-state index contributed by atoms with van der Waals surface area (Å²) in [6.07, 6.45) is 7.95. The average Bonchev–Trinajstić information content (AvgIpc) is 1.61. The maximum Gasteiger partial charge on any atom is 0.410 e. The van der Waals surface area contributed by atoms with Gasteiger partial charge in [-0.2, -0.15) is 0 Å². The van der Waals surface area contributed by atoms with E-state index >= 15 is 0 Å². The number of halogens is 3. The number of benzene rings is 6. The maximum atomic E-state index is 14.1. The van der Waals surface area contributed by atoms with Crippen LogP contribution in [0, 0.1) is 17.5 Å². The first kappa shape index (κ1) is 95.8. The van der Waals surface area contributed by atoms with E-state index in [9.17, 15) is 50.4 Å². The maximum absolute atomic E-state index is 14.1. The number of hydrogen-bond donors (Lipinski definition) is 3. The van der Waals surface area contributed by atoms with Crippen LogP contribution in [0.2, 0.25) is 0 Å². The van der Waals surface area contributed by atoms with Crippen molar-refractivity contribution in [1.82, 2.24) is 72.7 Å². The second-order valence-electron chi connectivity index (χ2n) is 35.6. The van der Waals surface area contributed by atoms with Gasteiger partial charge in [-0.05, 0) is 210 Å². The second-order valence-corrected chi connectivity index (χ2v) is 37.5. The zero-order valence-corrected chi connectivity index (χ0v) is 77.1. The van der Waals surface area contributed by atoms with E-state index in [1.54, 1.807) is 89.3 Å². The number of sulfone groups is 1. The molecule has 29 nitrogen and oxygen atoms in total. The molecule has 9 heterocycles. The summed E-state index contributed by atoms with van der Waals surface area (Å²) in [4.78, 5) is 111. The van der Waals surface area contributed by atoms with E-state index in [2.05, 4.69) is 30.6 Å². The van der Waals surface area contributed by atoms with Crippen LogP contribution in [0.25, 0.3) is 67.5 Å². The van der Waals surface area contributed by atoms with Crippen LogP contribution >= 0.6 is 0 Å². The van der Waals surface area contributed by atoms with Gasteiger partial charge in [-0.3, -0.25) is 28.4 Å². The van der Waals surface area contributed by atoms with Gasteiger partial charge in [0.15, 0.2) is 0 Å². The van der Waals surface area contributed by atoms with Gasteiger partial charge in [-0.25, -0.2) is 79.9 Å². The summed E-state index contributed by atoms with van der Waals surface area (Å²) in [6, 6.07) is 52.1. The molecule has 6 aromatic heterocycles. The fourth-order valence-corrected chi connectivity index (χ4v) is 16.5. The highest BCUT2D eigenvalue weighted by molar-refractivity contribution is 7.90. The molecule has 0 bridgehead atoms. The molecule has 3 saturated heterocycles. The number of ether oxygens (including phenoxy) is 3. The van der Waals surface area contributed by atoms with Crippen LogP contribution in [0.1, 0.15) is 175 Å². The second kappa shape index (κ2) is 41.0. The SMILES string of the molecule is C[C@H](N)c1ccccc1.C[C@H](Nc1nccc(-c2c(-c3ccc(F)cc3)c(=O)n(C3CCN(C(=O)OC(C)(C)C)CC3)n2C)n1)c1ccccc1.C[C@H](Nc1nccc(-c2c(-c3ccc(F)cc3)c(=O)n(C3CCN(C(=O)OC(C)(C)C)CC3)n2C)n1)c1ccccc1.Cn1c(-c2ccnc(S(C)(=O)=O)n2)c(-c2ccc(F)cc2)c(=O)n1C1CCN(C(=O)OC(C)(C)C)CC1. The molecule has 3 amide bonds. The Morgan fingerprint density at radius 2 is 0.662 bits per heavy atom.